The fraction of sp³-hybridized carbons (Fsp3) is 0.300. The van der Waals surface area contributed by atoms with Crippen molar-refractivity contribution in [1.29, 1.82) is 5.26 Å². The van der Waals surface area contributed by atoms with Crippen LogP contribution in [0.2, 0.25) is 0 Å². The Morgan fingerprint density at radius 1 is 1.24 bits per heavy atom. The second-order valence-electron chi connectivity index (χ2n) is 6.59. The van der Waals surface area contributed by atoms with Crippen molar-refractivity contribution in [1.82, 2.24) is 0 Å². The first-order valence-electron chi connectivity index (χ1n) is 8.12. The molecule has 2 aromatic rings. The minimum atomic E-state index is -0.723. The highest BCUT2D eigenvalue weighted by Gasteiger charge is 2.46. The van der Waals surface area contributed by atoms with Crippen LogP contribution in [0.4, 0.5) is 5.69 Å². The fourth-order valence-corrected chi connectivity index (χ4v) is 3.12. The van der Waals surface area contributed by atoms with Crippen molar-refractivity contribution in [3.8, 4) is 11.8 Å². The Balaban J connectivity index is 2.09. The maximum absolute atomic E-state index is 11.7. The first kappa shape index (κ1) is 16.8. The molecule has 0 aliphatic carbocycles. The van der Waals surface area contributed by atoms with E-state index < -0.39 is 11.7 Å². The van der Waals surface area contributed by atoms with Gasteiger partial charge in [0.15, 0.2) is 6.10 Å². The van der Waals surface area contributed by atoms with Crippen LogP contribution in [0, 0.1) is 11.3 Å². The molecular formula is C20H20N2O3. The summed E-state index contributed by atoms with van der Waals surface area (Å²) in [6.07, 6.45) is -0.549. The van der Waals surface area contributed by atoms with E-state index in [1.54, 1.807) is 18.2 Å². The van der Waals surface area contributed by atoms with Crippen LogP contribution in [-0.2, 0) is 9.53 Å². The Morgan fingerprint density at radius 2 is 1.96 bits per heavy atom. The molecule has 1 heterocycles. The molecule has 2 aromatic carbocycles. The molecule has 2 atom stereocenters. The fourth-order valence-electron chi connectivity index (χ4n) is 3.12. The average molecular weight is 336 g/mol. The Kier molecular flexibility index (Phi) is 4.37. The quantitative estimate of drug-likeness (QED) is 0.863. The lowest BCUT2D eigenvalue weighted by Gasteiger charge is -2.44. The highest BCUT2D eigenvalue weighted by atomic mass is 16.6. The number of esters is 1. The molecule has 1 aliphatic rings. The molecule has 0 amide bonds. The maximum Gasteiger partial charge on any atom is 0.303 e. The third-order valence-corrected chi connectivity index (χ3v) is 4.22. The van der Waals surface area contributed by atoms with E-state index in [9.17, 15) is 10.1 Å². The van der Waals surface area contributed by atoms with Crippen molar-refractivity contribution >= 4 is 11.7 Å². The summed E-state index contributed by atoms with van der Waals surface area (Å²) in [5.41, 5.74) is 1.51. The summed E-state index contributed by atoms with van der Waals surface area (Å²) in [7, 11) is 0. The SMILES string of the molecule is CC(=O)O[C@@H]1C(Nc2ccccc2)c2cc(C#N)ccc2OC1(C)C. The second-order valence-corrected chi connectivity index (χ2v) is 6.59. The van der Waals surface area contributed by atoms with Crippen LogP contribution in [0.15, 0.2) is 48.5 Å². The lowest BCUT2D eigenvalue weighted by Crippen LogP contribution is -2.52. The molecule has 0 bridgehead atoms. The van der Waals surface area contributed by atoms with Crippen LogP contribution >= 0.6 is 0 Å². The number of nitrogens with one attached hydrogen (secondary N) is 1. The number of rotatable bonds is 3. The summed E-state index contributed by atoms with van der Waals surface area (Å²) in [5, 5.41) is 12.7. The molecule has 1 N–H and O–H groups in total. The normalized spacial score (nSPS) is 20.6. The van der Waals surface area contributed by atoms with Crippen LogP contribution in [0.3, 0.4) is 0 Å². The molecule has 0 aromatic heterocycles. The standard InChI is InChI=1S/C20H20N2O3/c1-13(23)24-19-18(22-15-7-5-4-6-8-15)16-11-14(12-21)9-10-17(16)25-20(19,2)3/h4-11,18-19,22H,1-3H3/t18?,19-/m1/s1. The topological polar surface area (TPSA) is 71.3 Å². The number of benzene rings is 2. The Bertz CT molecular complexity index is 825. The van der Waals surface area contributed by atoms with Gasteiger partial charge in [0.25, 0.3) is 0 Å². The first-order valence-corrected chi connectivity index (χ1v) is 8.12. The van der Waals surface area contributed by atoms with E-state index in [0.29, 0.717) is 11.3 Å². The van der Waals surface area contributed by atoms with Gasteiger partial charge in [-0.25, -0.2) is 0 Å². The predicted molar refractivity (Wildman–Crippen MR) is 94.2 cm³/mol. The van der Waals surface area contributed by atoms with Crippen molar-refractivity contribution in [3.63, 3.8) is 0 Å². The van der Waals surface area contributed by atoms with Gasteiger partial charge >= 0.3 is 5.97 Å². The zero-order valence-electron chi connectivity index (χ0n) is 14.4. The number of carbonyl (C=O) groups is 1. The molecule has 1 unspecified atom stereocenters. The Labute approximate surface area is 147 Å². The number of para-hydroxylation sites is 1. The van der Waals surface area contributed by atoms with Gasteiger partial charge < -0.3 is 14.8 Å². The molecule has 0 saturated carbocycles. The van der Waals surface area contributed by atoms with Gasteiger partial charge in [-0.15, -0.1) is 0 Å². The summed E-state index contributed by atoms with van der Waals surface area (Å²) in [6, 6.07) is 16.8. The minimum Gasteiger partial charge on any atom is -0.484 e. The number of hydrogen-bond acceptors (Lipinski definition) is 5. The minimum absolute atomic E-state index is 0.335. The Hall–Kier alpha value is -3.00. The van der Waals surface area contributed by atoms with Crippen LogP contribution in [-0.4, -0.2) is 17.7 Å². The smallest absolute Gasteiger partial charge is 0.303 e. The van der Waals surface area contributed by atoms with Crippen LogP contribution in [0.25, 0.3) is 0 Å². The van der Waals surface area contributed by atoms with E-state index >= 15 is 0 Å². The first-order chi connectivity index (χ1) is 11.9. The Morgan fingerprint density at radius 3 is 2.60 bits per heavy atom. The number of carbonyl (C=O) groups excluding carboxylic acids is 1. The monoisotopic (exact) mass is 336 g/mol. The molecule has 1 aliphatic heterocycles. The summed E-state index contributed by atoms with van der Waals surface area (Å²) in [5.74, 6) is 0.308. The van der Waals surface area contributed by atoms with Crippen molar-refractivity contribution in [2.24, 2.45) is 0 Å². The lowest BCUT2D eigenvalue weighted by atomic mass is 9.85. The van der Waals surface area contributed by atoms with E-state index in [1.165, 1.54) is 6.92 Å². The average Bonchev–Trinajstić information content (AvgIpc) is 2.58. The van der Waals surface area contributed by atoms with E-state index in [4.69, 9.17) is 9.47 Å². The summed E-state index contributed by atoms with van der Waals surface area (Å²) >= 11 is 0. The second kappa shape index (κ2) is 6.48. The number of nitrogens with zero attached hydrogens (tertiary/aromatic N) is 1. The van der Waals surface area contributed by atoms with Crippen molar-refractivity contribution < 1.29 is 14.3 Å². The highest BCUT2D eigenvalue weighted by Crippen LogP contribution is 2.43. The van der Waals surface area contributed by atoms with E-state index in [2.05, 4.69) is 11.4 Å². The van der Waals surface area contributed by atoms with Crippen molar-refractivity contribution in [2.45, 2.75) is 38.5 Å². The number of fused-ring (bicyclic) bond motifs is 1. The zero-order valence-corrected chi connectivity index (χ0v) is 14.4. The van der Waals surface area contributed by atoms with E-state index in [-0.39, 0.29) is 12.0 Å². The van der Waals surface area contributed by atoms with E-state index in [1.807, 2.05) is 44.2 Å². The zero-order chi connectivity index (χ0) is 18.0. The number of anilines is 1. The molecule has 0 fully saturated rings. The molecule has 3 rings (SSSR count). The molecule has 25 heavy (non-hydrogen) atoms. The molecule has 0 radical (unpaired) electrons. The van der Waals surface area contributed by atoms with Gasteiger partial charge in [0, 0.05) is 18.2 Å². The van der Waals surface area contributed by atoms with Crippen LogP contribution in [0.5, 0.6) is 5.75 Å². The summed E-state index contributed by atoms with van der Waals surface area (Å²) in [6.45, 7) is 5.17. The van der Waals surface area contributed by atoms with Gasteiger partial charge in [0.05, 0.1) is 17.7 Å². The van der Waals surface area contributed by atoms with Gasteiger partial charge in [-0.2, -0.15) is 5.26 Å². The van der Waals surface area contributed by atoms with E-state index in [0.717, 1.165) is 11.3 Å². The molecule has 5 nitrogen and oxygen atoms in total. The molecular weight excluding hydrogens is 316 g/mol. The predicted octanol–water partition coefficient (Wildman–Crippen LogP) is 3.81. The van der Waals surface area contributed by atoms with Gasteiger partial charge in [0.1, 0.15) is 11.4 Å². The third-order valence-electron chi connectivity index (χ3n) is 4.22. The van der Waals surface area contributed by atoms with Crippen molar-refractivity contribution in [2.75, 3.05) is 5.32 Å². The summed E-state index contributed by atoms with van der Waals surface area (Å²) in [4.78, 5) is 11.7. The van der Waals surface area contributed by atoms with Gasteiger partial charge in [-0.05, 0) is 44.2 Å². The number of hydrogen-bond donors (Lipinski definition) is 1. The van der Waals surface area contributed by atoms with Gasteiger partial charge in [-0.1, -0.05) is 18.2 Å². The van der Waals surface area contributed by atoms with Crippen LogP contribution in [0.1, 0.15) is 37.9 Å². The largest absolute Gasteiger partial charge is 0.484 e. The molecule has 5 heteroatoms. The molecule has 0 spiro atoms. The number of nitriles is 1. The maximum atomic E-state index is 11.7. The van der Waals surface area contributed by atoms with Gasteiger partial charge in [-0.3, -0.25) is 4.79 Å². The number of ether oxygens (including phenoxy) is 2. The molecule has 0 saturated heterocycles. The lowest BCUT2D eigenvalue weighted by molar-refractivity contribution is -0.160. The third kappa shape index (κ3) is 3.43. The molecule has 128 valence electrons. The van der Waals surface area contributed by atoms with Crippen molar-refractivity contribution in [3.05, 3.63) is 59.7 Å². The summed E-state index contributed by atoms with van der Waals surface area (Å²) < 4.78 is 11.7. The van der Waals surface area contributed by atoms with Gasteiger partial charge in [0.2, 0.25) is 0 Å². The van der Waals surface area contributed by atoms with Crippen LogP contribution < -0.4 is 10.1 Å². The highest BCUT2D eigenvalue weighted by molar-refractivity contribution is 5.67.